The molecule has 154 valence electrons. The number of nitrogens with zero attached hydrogens (tertiary/aromatic N) is 5. The molecule has 1 amide bonds. The highest BCUT2D eigenvalue weighted by Crippen LogP contribution is 2.24. The van der Waals surface area contributed by atoms with Crippen LogP contribution in [-0.4, -0.2) is 40.7 Å². The monoisotopic (exact) mass is 423 g/mol. The minimum atomic E-state index is -0.488. The van der Waals surface area contributed by atoms with E-state index >= 15 is 0 Å². The topological polar surface area (TPSA) is 110 Å². The quantitative estimate of drug-likeness (QED) is 0.377. The lowest BCUT2D eigenvalue weighted by Gasteiger charge is -2.12. The van der Waals surface area contributed by atoms with Gasteiger partial charge in [0.2, 0.25) is 5.91 Å². The van der Waals surface area contributed by atoms with Gasteiger partial charge in [-0.25, -0.2) is 9.67 Å². The van der Waals surface area contributed by atoms with Crippen molar-refractivity contribution in [1.82, 2.24) is 29.5 Å². The fourth-order valence-corrected chi connectivity index (χ4v) is 3.90. The number of carbonyl (C=O) groups excluding carboxylic acids is 1. The van der Waals surface area contributed by atoms with Crippen molar-refractivity contribution in [1.29, 1.82) is 0 Å². The Morgan fingerprint density at radius 3 is 2.63 bits per heavy atom. The van der Waals surface area contributed by atoms with Crippen LogP contribution in [0.15, 0.2) is 46.5 Å². The third-order valence-electron chi connectivity index (χ3n) is 4.83. The molecule has 0 aliphatic carbocycles. The molecule has 0 bridgehead atoms. The van der Waals surface area contributed by atoms with E-state index in [4.69, 9.17) is 0 Å². The molecular formula is C20H21N7O2S. The Morgan fingerprint density at radius 2 is 1.97 bits per heavy atom. The lowest BCUT2D eigenvalue weighted by Crippen LogP contribution is -2.24. The number of thioether (sulfide) groups is 1. The van der Waals surface area contributed by atoms with Crippen LogP contribution in [0.3, 0.4) is 0 Å². The number of nitrogens with one attached hydrogen (secondary N) is 2. The second kappa shape index (κ2) is 7.79. The van der Waals surface area contributed by atoms with Gasteiger partial charge >= 0.3 is 0 Å². The molecule has 4 rings (SSSR count). The van der Waals surface area contributed by atoms with Gasteiger partial charge in [0.25, 0.3) is 5.56 Å². The maximum absolute atomic E-state index is 12.7. The Labute approximate surface area is 176 Å². The molecule has 30 heavy (non-hydrogen) atoms. The van der Waals surface area contributed by atoms with Crippen LogP contribution in [-0.2, 0) is 11.8 Å². The third kappa shape index (κ3) is 3.61. The maximum atomic E-state index is 12.7. The zero-order valence-electron chi connectivity index (χ0n) is 17.0. The van der Waals surface area contributed by atoms with Gasteiger partial charge in [-0.2, -0.15) is 10.2 Å². The molecule has 1 atom stereocenters. The van der Waals surface area contributed by atoms with Crippen molar-refractivity contribution in [2.45, 2.75) is 31.2 Å². The molecule has 3 aromatic heterocycles. The predicted molar refractivity (Wildman–Crippen MR) is 116 cm³/mol. The molecule has 0 aliphatic rings. The van der Waals surface area contributed by atoms with E-state index in [0.29, 0.717) is 21.9 Å². The fraction of sp³-hybridized carbons (Fsp3) is 0.250. The number of hydrogen-bond donors (Lipinski definition) is 2. The number of fused-ring (bicyclic) bond motifs is 1. The molecule has 0 aliphatic heterocycles. The van der Waals surface area contributed by atoms with Crippen LogP contribution in [0.5, 0.6) is 0 Å². The van der Waals surface area contributed by atoms with Gasteiger partial charge < -0.3 is 10.3 Å². The zero-order chi connectivity index (χ0) is 21.4. The molecule has 0 fully saturated rings. The summed E-state index contributed by atoms with van der Waals surface area (Å²) in [4.78, 5) is 32.5. The first-order valence-electron chi connectivity index (χ1n) is 9.36. The number of carbonyl (C=O) groups is 1. The molecule has 1 unspecified atom stereocenters. The van der Waals surface area contributed by atoms with Gasteiger partial charge in [-0.1, -0.05) is 30.0 Å². The molecule has 1 aromatic carbocycles. The minimum Gasteiger partial charge on any atom is -0.322 e. The van der Waals surface area contributed by atoms with Gasteiger partial charge in [-0.05, 0) is 32.9 Å². The largest absolute Gasteiger partial charge is 0.322 e. The molecule has 0 saturated heterocycles. The first kappa shape index (κ1) is 19.9. The summed E-state index contributed by atoms with van der Waals surface area (Å²) in [5.41, 5.74) is 3.28. The smallest absolute Gasteiger partial charge is 0.262 e. The van der Waals surface area contributed by atoms with Crippen LogP contribution < -0.4 is 10.9 Å². The molecule has 0 radical (unpaired) electrons. The second-order valence-electron chi connectivity index (χ2n) is 6.92. The van der Waals surface area contributed by atoms with E-state index in [0.717, 1.165) is 17.1 Å². The predicted octanol–water partition coefficient (Wildman–Crippen LogP) is 2.58. The highest BCUT2D eigenvalue weighted by atomic mass is 32.2. The Kier molecular flexibility index (Phi) is 5.17. The van der Waals surface area contributed by atoms with Gasteiger partial charge in [0.15, 0.2) is 10.8 Å². The first-order valence-corrected chi connectivity index (χ1v) is 10.2. The van der Waals surface area contributed by atoms with Crippen LogP contribution in [0.4, 0.5) is 5.69 Å². The third-order valence-corrected chi connectivity index (χ3v) is 5.82. The Morgan fingerprint density at radius 1 is 1.23 bits per heavy atom. The number of aromatic nitrogens is 6. The van der Waals surface area contributed by atoms with Crippen molar-refractivity contribution < 1.29 is 4.79 Å². The van der Waals surface area contributed by atoms with Crippen LogP contribution in [0.2, 0.25) is 0 Å². The van der Waals surface area contributed by atoms with Crippen molar-refractivity contribution in [3.63, 3.8) is 0 Å². The summed E-state index contributed by atoms with van der Waals surface area (Å²) in [6, 6.07) is 9.46. The van der Waals surface area contributed by atoms with E-state index in [1.54, 1.807) is 16.3 Å². The van der Waals surface area contributed by atoms with E-state index in [-0.39, 0.29) is 11.5 Å². The lowest BCUT2D eigenvalue weighted by atomic mass is 10.3. The van der Waals surface area contributed by atoms with Crippen molar-refractivity contribution >= 4 is 34.4 Å². The van der Waals surface area contributed by atoms with Crippen molar-refractivity contribution in [2.75, 3.05) is 5.32 Å². The highest BCUT2D eigenvalue weighted by Gasteiger charge is 2.20. The number of amides is 1. The molecular weight excluding hydrogens is 402 g/mol. The normalized spacial score (nSPS) is 12.3. The number of H-pyrrole nitrogens is 1. The zero-order valence-corrected chi connectivity index (χ0v) is 17.8. The van der Waals surface area contributed by atoms with E-state index in [1.165, 1.54) is 18.0 Å². The van der Waals surface area contributed by atoms with E-state index in [2.05, 4.69) is 25.5 Å². The fourth-order valence-electron chi connectivity index (χ4n) is 3.11. The van der Waals surface area contributed by atoms with Crippen LogP contribution in [0.1, 0.15) is 18.3 Å². The maximum Gasteiger partial charge on any atom is 0.262 e. The van der Waals surface area contributed by atoms with E-state index in [1.807, 2.05) is 51.2 Å². The number of benzene rings is 1. The number of aryl methyl sites for hydroxylation is 2. The van der Waals surface area contributed by atoms with Gasteiger partial charge in [0, 0.05) is 7.05 Å². The first-order chi connectivity index (χ1) is 14.3. The van der Waals surface area contributed by atoms with Crippen molar-refractivity contribution in [3.05, 3.63) is 58.3 Å². The highest BCUT2D eigenvalue weighted by molar-refractivity contribution is 8.00. The Bertz CT molecular complexity index is 1290. The van der Waals surface area contributed by atoms with Crippen LogP contribution in [0.25, 0.3) is 16.7 Å². The molecule has 4 aromatic rings. The van der Waals surface area contributed by atoms with Crippen molar-refractivity contribution in [3.8, 4) is 5.69 Å². The molecule has 9 nitrogen and oxygen atoms in total. The molecule has 10 heteroatoms. The summed E-state index contributed by atoms with van der Waals surface area (Å²) in [6.07, 6.45) is 1.49. The second-order valence-corrected chi connectivity index (χ2v) is 8.25. The number of rotatable bonds is 5. The average Bonchev–Trinajstić information content (AvgIpc) is 3.25. The number of aromatic amines is 1. The SMILES string of the molecule is Cc1nn(C)c(C)c1NC(=O)C(C)Sc1nc2c(cnn2-c2ccccc2)c(=O)[nH]1. The van der Waals surface area contributed by atoms with E-state index in [9.17, 15) is 9.59 Å². The minimum absolute atomic E-state index is 0.196. The summed E-state index contributed by atoms with van der Waals surface area (Å²) >= 11 is 1.18. The molecule has 0 saturated carbocycles. The van der Waals surface area contributed by atoms with Gasteiger partial charge in [-0.15, -0.1) is 0 Å². The molecule has 0 spiro atoms. The van der Waals surface area contributed by atoms with Crippen molar-refractivity contribution in [2.24, 2.45) is 7.05 Å². The Balaban J connectivity index is 1.60. The standard InChI is InChI=1S/C20H21N7O2S/c1-11-16(12(2)26(4)25-11)22-18(28)13(3)30-20-23-17-15(19(29)24-20)10-21-27(17)14-8-6-5-7-9-14/h5-10,13H,1-4H3,(H,22,28)(H,23,24,29). The summed E-state index contributed by atoms with van der Waals surface area (Å²) < 4.78 is 3.34. The average molecular weight is 424 g/mol. The summed E-state index contributed by atoms with van der Waals surface area (Å²) in [5, 5.41) is 11.8. The number of hydrogen-bond acceptors (Lipinski definition) is 6. The summed E-state index contributed by atoms with van der Waals surface area (Å²) in [7, 11) is 1.83. The van der Waals surface area contributed by atoms with Crippen LogP contribution in [0, 0.1) is 13.8 Å². The van der Waals surface area contributed by atoms with Gasteiger partial charge in [0.1, 0.15) is 5.39 Å². The number of para-hydroxylation sites is 1. The van der Waals surface area contributed by atoms with E-state index < -0.39 is 5.25 Å². The summed E-state index contributed by atoms with van der Waals surface area (Å²) in [5.74, 6) is -0.196. The molecule has 3 heterocycles. The summed E-state index contributed by atoms with van der Waals surface area (Å²) in [6.45, 7) is 5.50. The van der Waals surface area contributed by atoms with Crippen LogP contribution >= 0.6 is 11.8 Å². The van der Waals surface area contributed by atoms with Gasteiger partial charge in [0.05, 0.1) is 34.2 Å². The Hall–Kier alpha value is -3.40. The number of anilines is 1. The molecule has 2 N–H and O–H groups in total. The lowest BCUT2D eigenvalue weighted by molar-refractivity contribution is -0.115. The van der Waals surface area contributed by atoms with Gasteiger partial charge in [-0.3, -0.25) is 14.3 Å².